The van der Waals surface area contributed by atoms with Crippen molar-refractivity contribution in [3.63, 3.8) is 0 Å². The van der Waals surface area contributed by atoms with Crippen LogP contribution in [0.2, 0.25) is 5.02 Å². The Morgan fingerprint density at radius 2 is 1.84 bits per heavy atom. The first-order valence-electron chi connectivity index (χ1n) is 9.86. The van der Waals surface area contributed by atoms with Crippen LogP contribution in [0, 0.1) is 0 Å². The Hall–Kier alpha value is -2.30. The number of sulfonamides is 1. The van der Waals surface area contributed by atoms with Crippen LogP contribution in [0.4, 0.5) is 18.9 Å². The number of nitrogens with one attached hydrogen (secondary N) is 1. The molecule has 3 rings (SSSR count). The van der Waals surface area contributed by atoms with E-state index in [-0.39, 0.29) is 23.4 Å². The third kappa shape index (κ3) is 5.54. The average molecular weight is 491 g/mol. The van der Waals surface area contributed by atoms with E-state index >= 15 is 0 Å². The van der Waals surface area contributed by atoms with E-state index in [1.54, 1.807) is 0 Å². The molecular weight excluding hydrogens is 469 g/mol. The molecule has 0 saturated carbocycles. The first kappa shape index (κ1) is 24.3. The van der Waals surface area contributed by atoms with Crippen LogP contribution in [0.3, 0.4) is 0 Å². The quantitative estimate of drug-likeness (QED) is 0.609. The van der Waals surface area contributed by atoms with Crippen molar-refractivity contribution in [1.82, 2.24) is 4.31 Å². The standard InChI is InChI=1S/C21H22ClF3N2O4S/c1-31-19-8-6-16(32(29,30)27-10-2-3-11-27)12-14(19)4-9-20(28)26-15-5-7-18(22)17(13-15)21(23,24)25/h5-8,12-13H,2-4,9-11H2,1H3,(H,26,28). The summed E-state index contributed by atoms with van der Waals surface area (Å²) >= 11 is 5.59. The van der Waals surface area contributed by atoms with Crippen molar-refractivity contribution in [3.05, 3.63) is 52.5 Å². The van der Waals surface area contributed by atoms with E-state index in [9.17, 15) is 26.4 Å². The number of amides is 1. The summed E-state index contributed by atoms with van der Waals surface area (Å²) in [6.45, 7) is 0.931. The molecule has 1 heterocycles. The SMILES string of the molecule is COc1ccc(S(=O)(=O)N2CCCC2)cc1CCC(=O)Nc1ccc(Cl)c(C(F)(F)F)c1. The largest absolute Gasteiger partial charge is 0.496 e. The Bertz CT molecular complexity index is 1100. The summed E-state index contributed by atoms with van der Waals surface area (Å²) in [5.74, 6) is -0.112. The molecular formula is C21H22ClF3N2O4S. The number of carbonyl (C=O) groups is 1. The van der Waals surface area contributed by atoms with Crippen LogP contribution in [0.25, 0.3) is 0 Å². The van der Waals surface area contributed by atoms with Gasteiger partial charge in [-0.25, -0.2) is 8.42 Å². The molecule has 0 aliphatic carbocycles. The Labute approximate surface area is 189 Å². The number of carbonyl (C=O) groups excluding carboxylic acids is 1. The number of ether oxygens (including phenoxy) is 1. The van der Waals surface area contributed by atoms with Gasteiger partial charge in [0.25, 0.3) is 0 Å². The van der Waals surface area contributed by atoms with Gasteiger partial charge >= 0.3 is 6.18 Å². The molecule has 0 atom stereocenters. The normalized spacial score (nSPS) is 15.0. The molecule has 32 heavy (non-hydrogen) atoms. The molecule has 0 aromatic heterocycles. The molecule has 1 N–H and O–H groups in total. The molecule has 0 spiro atoms. The average Bonchev–Trinajstić information content (AvgIpc) is 3.28. The summed E-state index contributed by atoms with van der Waals surface area (Å²) in [6.07, 6.45) is -2.98. The van der Waals surface area contributed by atoms with Gasteiger partial charge in [0.15, 0.2) is 0 Å². The molecule has 6 nitrogen and oxygen atoms in total. The zero-order chi connectivity index (χ0) is 23.5. The zero-order valence-electron chi connectivity index (χ0n) is 17.2. The highest BCUT2D eigenvalue weighted by molar-refractivity contribution is 7.89. The number of anilines is 1. The molecule has 11 heteroatoms. The predicted molar refractivity (Wildman–Crippen MR) is 114 cm³/mol. The van der Waals surface area contributed by atoms with Crippen molar-refractivity contribution < 1.29 is 31.1 Å². The fraction of sp³-hybridized carbons (Fsp3) is 0.381. The number of halogens is 4. The van der Waals surface area contributed by atoms with Gasteiger partial charge in [0.1, 0.15) is 5.75 Å². The highest BCUT2D eigenvalue weighted by Crippen LogP contribution is 2.36. The molecule has 0 bridgehead atoms. The fourth-order valence-electron chi connectivity index (χ4n) is 3.48. The third-order valence-electron chi connectivity index (χ3n) is 5.13. The van der Waals surface area contributed by atoms with Crippen molar-refractivity contribution in [1.29, 1.82) is 0 Å². The smallest absolute Gasteiger partial charge is 0.417 e. The number of methoxy groups -OCH3 is 1. The van der Waals surface area contributed by atoms with E-state index in [2.05, 4.69) is 5.32 Å². The van der Waals surface area contributed by atoms with Gasteiger partial charge in [0.05, 0.1) is 22.6 Å². The molecule has 1 fully saturated rings. The Morgan fingerprint density at radius 1 is 1.16 bits per heavy atom. The van der Waals surface area contributed by atoms with Gasteiger partial charge < -0.3 is 10.1 Å². The second-order valence-electron chi connectivity index (χ2n) is 7.33. The van der Waals surface area contributed by atoms with E-state index in [1.165, 1.54) is 35.7 Å². The van der Waals surface area contributed by atoms with Gasteiger partial charge in [-0.3, -0.25) is 4.79 Å². The number of nitrogens with zero attached hydrogens (tertiary/aromatic N) is 1. The Kier molecular flexibility index (Phi) is 7.36. The maximum Gasteiger partial charge on any atom is 0.417 e. The van der Waals surface area contributed by atoms with E-state index in [0.717, 1.165) is 25.0 Å². The minimum Gasteiger partial charge on any atom is -0.496 e. The van der Waals surface area contributed by atoms with Gasteiger partial charge in [-0.1, -0.05) is 11.6 Å². The number of rotatable bonds is 7. The molecule has 1 amide bonds. The minimum absolute atomic E-state index is 0.0379. The first-order chi connectivity index (χ1) is 15.0. The second kappa shape index (κ2) is 9.68. The van der Waals surface area contributed by atoms with Crippen molar-refractivity contribution >= 4 is 33.2 Å². The number of alkyl halides is 3. The number of benzene rings is 2. The third-order valence-corrected chi connectivity index (χ3v) is 7.36. The number of hydrogen-bond donors (Lipinski definition) is 1. The van der Waals surface area contributed by atoms with Gasteiger partial charge in [0, 0.05) is 25.2 Å². The highest BCUT2D eigenvalue weighted by Gasteiger charge is 2.33. The summed E-state index contributed by atoms with van der Waals surface area (Å²) in [4.78, 5) is 12.4. The summed E-state index contributed by atoms with van der Waals surface area (Å²) in [5, 5.41) is 1.95. The van der Waals surface area contributed by atoms with Gasteiger partial charge in [-0.05, 0) is 61.2 Å². The van der Waals surface area contributed by atoms with Gasteiger partial charge in [0.2, 0.25) is 15.9 Å². The molecule has 1 saturated heterocycles. The summed E-state index contributed by atoms with van der Waals surface area (Å²) in [6, 6.07) is 7.58. The van der Waals surface area contributed by atoms with Crippen LogP contribution in [0.15, 0.2) is 41.3 Å². The molecule has 2 aromatic carbocycles. The molecule has 0 unspecified atom stereocenters. The number of hydrogen-bond acceptors (Lipinski definition) is 4. The maximum atomic E-state index is 13.0. The molecule has 2 aromatic rings. The monoisotopic (exact) mass is 490 g/mol. The van der Waals surface area contributed by atoms with Crippen molar-refractivity contribution in [2.24, 2.45) is 0 Å². The maximum absolute atomic E-state index is 13.0. The van der Waals surface area contributed by atoms with Crippen LogP contribution >= 0.6 is 11.6 Å². The highest BCUT2D eigenvalue weighted by atomic mass is 35.5. The van der Waals surface area contributed by atoms with Crippen LogP contribution in [-0.4, -0.2) is 38.8 Å². The van der Waals surface area contributed by atoms with Gasteiger partial charge in [-0.2, -0.15) is 17.5 Å². The lowest BCUT2D eigenvalue weighted by Crippen LogP contribution is -2.28. The van der Waals surface area contributed by atoms with Gasteiger partial charge in [-0.15, -0.1) is 0 Å². The lowest BCUT2D eigenvalue weighted by Gasteiger charge is -2.17. The van der Waals surface area contributed by atoms with Crippen LogP contribution in [-0.2, 0) is 27.4 Å². The second-order valence-corrected chi connectivity index (χ2v) is 9.67. The molecule has 174 valence electrons. The summed E-state index contributed by atoms with van der Waals surface area (Å²) in [7, 11) is -2.21. The van der Waals surface area contributed by atoms with Crippen molar-refractivity contribution in [2.45, 2.75) is 36.8 Å². The molecule has 0 radical (unpaired) electrons. The van der Waals surface area contributed by atoms with Crippen LogP contribution in [0.1, 0.15) is 30.4 Å². The Morgan fingerprint density at radius 3 is 2.47 bits per heavy atom. The fourth-order valence-corrected chi connectivity index (χ4v) is 5.27. The van der Waals surface area contributed by atoms with Crippen molar-refractivity contribution in [2.75, 3.05) is 25.5 Å². The first-order valence-corrected chi connectivity index (χ1v) is 11.7. The number of aryl methyl sites for hydroxylation is 1. The Balaban J connectivity index is 1.73. The van der Waals surface area contributed by atoms with E-state index in [1.807, 2.05) is 0 Å². The molecule has 1 aliphatic heterocycles. The van der Waals surface area contributed by atoms with E-state index < -0.39 is 32.7 Å². The summed E-state index contributed by atoms with van der Waals surface area (Å²) < 4.78 is 71.3. The lowest BCUT2D eigenvalue weighted by molar-refractivity contribution is -0.137. The predicted octanol–water partition coefficient (Wildman–Crippen LogP) is 4.72. The van der Waals surface area contributed by atoms with Crippen LogP contribution < -0.4 is 10.1 Å². The van der Waals surface area contributed by atoms with Crippen LogP contribution in [0.5, 0.6) is 5.75 Å². The van der Waals surface area contributed by atoms with E-state index in [4.69, 9.17) is 16.3 Å². The summed E-state index contributed by atoms with van der Waals surface area (Å²) in [5.41, 5.74) is -0.572. The van der Waals surface area contributed by atoms with Crippen molar-refractivity contribution in [3.8, 4) is 5.75 Å². The minimum atomic E-state index is -4.65. The molecule has 1 aliphatic rings. The van der Waals surface area contributed by atoms with E-state index in [0.29, 0.717) is 24.4 Å². The topological polar surface area (TPSA) is 75.7 Å². The zero-order valence-corrected chi connectivity index (χ0v) is 18.8. The lowest BCUT2D eigenvalue weighted by atomic mass is 10.1.